The number of benzene rings is 1. The van der Waals surface area contributed by atoms with Crippen LogP contribution >= 0.6 is 0 Å². The van der Waals surface area contributed by atoms with Crippen LogP contribution in [0.1, 0.15) is 20.3 Å². The fourth-order valence-electron chi connectivity index (χ4n) is 2.80. The van der Waals surface area contributed by atoms with E-state index < -0.39 is 4.92 Å². The van der Waals surface area contributed by atoms with Crippen LogP contribution in [0.5, 0.6) is 0 Å². The smallest absolute Gasteiger partial charge is 0.278 e. The number of nitro groups is 1. The Morgan fingerprint density at radius 3 is 2.76 bits per heavy atom. The molecule has 3 rings (SSSR count). The van der Waals surface area contributed by atoms with Crippen molar-refractivity contribution in [3.8, 4) is 0 Å². The van der Waals surface area contributed by atoms with E-state index >= 15 is 0 Å². The molecule has 2 aromatic rings. The highest BCUT2D eigenvalue weighted by atomic mass is 16.6. The van der Waals surface area contributed by atoms with Gasteiger partial charge in [0.05, 0.1) is 16.4 Å². The molecule has 6 nitrogen and oxygen atoms in total. The maximum Gasteiger partial charge on any atom is 0.278 e. The van der Waals surface area contributed by atoms with Crippen LogP contribution in [-0.4, -0.2) is 27.2 Å². The van der Waals surface area contributed by atoms with E-state index in [0.717, 1.165) is 11.1 Å². The molecule has 2 unspecified atom stereocenters. The van der Waals surface area contributed by atoms with Gasteiger partial charge in [-0.25, -0.2) is 0 Å². The van der Waals surface area contributed by atoms with Gasteiger partial charge in [0.25, 0.3) is 5.69 Å². The summed E-state index contributed by atoms with van der Waals surface area (Å²) >= 11 is 0. The molecule has 0 amide bonds. The lowest BCUT2D eigenvalue weighted by Crippen LogP contribution is -2.56. The maximum absolute atomic E-state index is 11.1. The van der Waals surface area contributed by atoms with Crippen LogP contribution in [0.15, 0.2) is 30.6 Å². The average molecular weight is 287 g/mol. The molecule has 0 bridgehead atoms. The molecule has 6 heteroatoms. The first-order chi connectivity index (χ1) is 9.91. The van der Waals surface area contributed by atoms with Crippen molar-refractivity contribution in [2.24, 2.45) is 5.41 Å². The Morgan fingerprint density at radius 1 is 1.38 bits per heavy atom. The number of aliphatic hydroxyl groups excluding tert-OH is 1. The number of non-ortho nitro benzene ring substituents is 1. The van der Waals surface area contributed by atoms with E-state index in [4.69, 9.17) is 0 Å². The number of aliphatic hydroxyl groups is 1. The molecule has 0 radical (unpaired) electrons. The third kappa shape index (κ3) is 2.12. The number of nitro benzene ring substituents is 1. The van der Waals surface area contributed by atoms with Crippen LogP contribution in [0.3, 0.4) is 0 Å². The Hall–Kier alpha value is -2.21. The molecule has 1 aliphatic rings. The van der Waals surface area contributed by atoms with Crippen molar-refractivity contribution in [3.05, 3.63) is 40.7 Å². The number of anilines is 1. The van der Waals surface area contributed by atoms with Crippen molar-refractivity contribution in [1.29, 1.82) is 0 Å². The van der Waals surface area contributed by atoms with E-state index in [1.54, 1.807) is 18.3 Å². The van der Waals surface area contributed by atoms with E-state index in [9.17, 15) is 15.2 Å². The van der Waals surface area contributed by atoms with Gasteiger partial charge >= 0.3 is 0 Å². The quantitative estimate of drug-likeness (QED) is 0.669. The van der Waals surface area contributed by atoms with Gasteiger partial charge in [-0.05, 0) is 18.6 Å². The van der Waals surface area contributed by atoms with Crippen molar-refractivity contribution in [2.45, 2.75) is 32.4 Å². The van der Waals surface area contributed by atoms with Crippen molar-refractivity contribution in [2.75, 3.05) is 5.32 Å². The summed E-state index contributed by atoms with van der Waals surface area (Å²) in [6, 6.07) is 5.13. The molecule has 0 spiro atoms. The van der Waals surface area contributed by atoms with Crippen LogP contribution in [-0.2, 0) is 0 Å². The van der Waals surface area contributed by atoms with Crippen LogP contribution in [0, 0.1) is 15.5 Å². The predicted molar refractivity (Wildman–Crippen MR) is 80.2 cm³/mol. The van der Waals surface area contributed by atoms with E-state index in [0.29, 0.717) is 11.8 Å². The Bertz CT molecular complexity index is 714. The lowest BCUT2D eigenvalue weighted by molar-refractivity contribution is -0.383. The molecular formula is C15H17N3O3. The minimum absolute atomic E-state index is 0.0524. The van der Waals surface area contributed by atoms with E-state index in [1.165, 1.54) is 12.3 Å². The summed E-state index contributed by atoms with van der Waals surface area (Å²) in [6.07, 6.45) is 3.49. The largest absolute Gasteiger partial charge is 0.392 e. The zero-order valence-corrected chi connectivity index (χ0v) is 11.9. The Labute approximate surface area is 122 Å². The summed E-state index contributed by atoms with van der Waals surface area (Å²) in [7, 11) is 0. The molecule has 1 saturated carbocycles. The predicted octanol–water partition coefficient (Wildman–Crippen LogP) is 2.71. The fraction of sp³-hybridized carbons (Fsp3) is 0.400. The molecule has 21 heavy (non-hydrogen) atoms. The second kappa shape index (κ2) is 4.66. The summed E-state index contributed by atoms with van der Waals surface area (Å²) < 4.78 is 0. The van der Waals surface area contributed by atoms with Crippen molar-refractivity contribution in [1.82, 2.24) is 4.98 Å². The van der Waals surface area contributed by atoms with Crippen molar-refractivity contribution < 1.29 is 10.0 Å². The number of rotatable bonds is 3. The van der Waals surface area contributed by atoms with Crippen LogP contribution in [0.2, 0.25) is 0 Å². The highest BCUT2D eigenvalue weighted by Gasteiger charge is 2.47. The Kier molecular flexibility index (Phi) is 3.06. The minimum Gasteiger partial charge on any atom is -0.392 e. The molecule has 1 aromatic carbocycles. The zero-order valence-electron chi connectivity index (χ0n) is 11.9. The van der Waals surface area contributed by atoms with E-state index in [1.807, 2.05) is 13.8 Å². The number of hydrogen-bond acceptors (Lipinski definition) is 5. The van der Waals surface area contributed by atoms with Gasteiger partial charge in [0.2, 0.25) is 0 Å². The molecule has 0 saturated heterocycles. The second-order valence-corrected chi connectivity index (χ2v) is 6.08. The van der Waals surface area contributed by atoms with Gasteiger partial charge < -0.3 is 10.4 Å². The molecule has 1 fully saturated rings. The summed E-state index contributed by atoms with van der Waals surface area (Å²) in [4.78, 5) is 14.7. The lowest BCUT2D eigenvalue weighted by Gasteiger charge is -2.50. The Balaban J connectivity index is 2.01. The molecule has 0 aliphatic heterocycles. The number of nitrogens with zero attached hydrogens (tertiary/aromatic N) is 2. The number of nitrogens with one attached hydrogen (secondary N) is 1. The lowest BCUT2D eigenvalue weighted by atomic mass is 9.64. The maximum atomic E-state index is 11.1. The first-order valence-corrected chi connectivity index (χ1v) is 6.87. The zero-order chi connectivity index (χ0) is 15.2. The standard InChI is InChI=1S/C15H17N3O3/c1-15(2)13(7-14(15)19)17-11-3-4-12(18(20)21)10-8-16-6-5-9(10)11/h3-6,8,13-14,17,19H,7H2,1-2H3. The van der Waals surface area contributed by atoms with Gasteiger partial charge in [-0.2, -0.15) is 0 Å². The van der Waals surface area contributed by atoms with Gasteiger partial charge in [0.1, 0.15) is 0 Å². The van der Waals surface area contributed by atoms with Crippen molar-refractivity contribution >= 4 is 22.1 Å². The van der Waals surface area contributed by atoms with Crippen LogP contribution in [0.4, 0.5) is 11.4 Å². The molecule has 1 heterocycles. The van der Waals surface area contributed by atoms with Gasteiger partial charge in [-0.1, -0.05) is 13.8 Å². The number of hydrogen-bond donors (Lipinski definition) is 2. The minimum atomic E-state index is -0.398. The SMILES string of the molecule is CC1(C)C(O)CC1Nc1ccc([N+](=O)[O-])c2cnccc12. The number of aromatic nitrogens is 1. The monoisotopic (exact) mass is 287 g/mol. The number of pyridine rings is 1. The van der Waals surface area contributed by atoms with E-state index in [2.05, 4.69) is 10.3 Å². The first-order valence-electron chi connectivity index (χ1n) is 6.87. The van der Waals surface area contributed by atoms with Crippen molar-refractivity contribution in [3.63, 3.8) is 0 Å². The van der Waals surface area contributed by atoms with Gasteiger partial charge in [0, 0.05) is 41.0 Å². The second-order valence-electron chi connectivity index (χ2n) is 6.08. The number of fused-ring (bicyclic) bond motifs is 1. The molecule has 110 valence electrons. The topological polar surface area (TPSA) is 88.3 Å². The highest BCUT2D eigenvalue weighted by Crippen LogP contribution is 2.43. The van der Waals surface area contributed by atoms with Gasteiger partial charge in [0.15, 0.2) is 0 Å². The normalized spacial score (nSPS) is 23.6. The molecule has 2 atom stereocenters. The summed E-state index contributed by atoms with van der Waals surface area (Å²) in [5, 5.41) is 25.6. The Morgan fingerprint density at radius 2 is 2.14 bits per heavy atom. The fourth-order valence-corrected chi connectivity index (χ4v) is 2.80. The average Bonchev–Trinajstić information content (AvgIpc) is 2.46. The highest BCUT2D eigenvalue weighted by molar-refractivity contribution is 5.99. The third-order valence-corrected chi connectivity index (χ3v) is 4.54. The summed E-state index contributed by atoms with van der Waals surface area (Å²) in [6.45, 7) is 4.02. The van der Waals surface area contributed by atoms with Crippen LogP contribution < -0.4 is 5.32 Å². The summed E-state index contributed by atoms with van der Waals surface area (Å²) in [5.74, 6) is 0. The third-order valence-electron chi connectivity index (χ3n) is 4.54. The molecule has 1 aromatic heterocycles. The van der Waals surface area contributed by atoms with Gasteiger partial charge in [-0.3, -0.25) is 15.1 Å². The van der Waals surface area contributed by atoms with Crippen LogP contribution in [0.25, 0.3) is 10.8 Å². The molecule has 2 N–H and O–H groups in total. The molecule has 1 aliphatic carbocycles. The van der Waals surface area contributed by atoms with Gasteiger partial charge in [-0.15, -0.1) is 0 Å². The van der Waals surface area contributed by atoms with E-state index in [-0.39, 0.29) is 23.2 Å². The molecular weight excluding hydrogens is 270 g/mol. The first kappa shape index (κ1) is 13.8. The summed E-state index contributed by atoms with van der Waals surface area (Å²) in [5.41, 5.74) is 0.681.